The smallest absolute Gasteiger partial charge is 0.232 e. The van der Waals surface area contributed by atoms with Crippen molar-refractivity contribution in [2.24, 2.45) is 0 Å². The second kappa shape index (κ2) is 6.06. The largest absolute Gasteiger partial charge is 0.300 e. The summed E-state index contributed by atoms with van der Waals surface area (Å²) in [5.74, 6) is -0.477. The van der Waals surface area contributed by atoms with Crippen LogP contribution in [0.25, 0.3) is 10.6 Å². The van der Waals surface area contributed by atoms with Crippen molar-refractivity contribution < 1.29 is 9.18 Å². The van der Waals surface area contributed by atoms with E-state index in [4.69, 9.17) is 0 Å². The minimum atomic E-state index is -0.285. The Morgan fingerprint density at radius 2 is 2.05 bits per heavy atom. The lowest BCUT2D eigenvalue weighted by molar-refractivity contribution is -0.115. The number of anilines is 1. The predicted octanol–water partition coefficient (Wildman–Crippen LogP) is 2.98. The molecule has 0 unspecified atom stereocenters. The number of thiazole rings is 1. The molecule has 21 heavy (non-hydrogen) atoms. The van der Waals surface area contributed by atoms with Crippen LogP contribution < -0.4 is 5.32 Å². The molecule has 106 valence electrons. The molecule has 1 N–H and O–H groups in total. The predicted molar refractivity (Wildman–Crippen MR) is 79.8 cm³/mol. The molecule has 0 atom stereocenters. The standard InChI is InChI=1S/C13H9FN4OS2/c14-9-3-1-8(2-4-9)12-16-10(6-20-12)5-11(19)17-13-18-15-7-21-13/h1-4,6-7H,5H2,(H,17,18,19). The molecule has 0 bridgehead atoms. The normalized spacial score (nSPS) is 10.5. The maximum atomic E-state index is 12.9. The van der Waals surface area contributed by atoms with E-state index in [2.05, 4.69) is 20.5 Å². The van der Waals surface area contributed by atoms with Gasteiger partial charge in [0.15, 0.2) is 0 Å². The number of hydrogen-bond acceptors (Lipinski definition) is 6. The zero-order valence-electron chi connectivity index (χ0n) is 10.6. The summed E-state index contributed by atoms with van der Waals surface area (Å²) in [6.07, 6.45) is 0.164. The third kappa shape index (κ3) is 3.47. The second-order valence-corrected chi connectivity index (χ2v) is 5.81. The van der Waals surface area contributed by atoms with Gasteiger partial charge in [-0.3, -0.25) is 4.79 Å². The highest BCUT2D eigenvalue weighted by molar-refractivity contribution is 7.13. The maximum Gasteiger partial charge on any atom is 0.232 e. The lowest BCUT2D eigenvalue weighted by atomic mass is 10.2. The second-order valence-electron chi connectivity index (χ2n) is 4.12. The Kier molecular flexibility index (Phi) is 3.98. The van der Waals surface area contributed by atoms with Crippen LogP contribution >= 0.6 is 22.7 Å². The van der Waals surface area contributed by atoms with Crippen LogP contribution in [-0.2, 0) is 11.2 Å². The van der Waals surface area contributed by atoms with Crippen LogP contribution in [0.15, 0.2) is 35.2 Å². The number of nitrogens with one attached hydrogen (secondary N) is 1. The zero-order valence-corrected chi connectivity index (χ0v) is 12.2. The lowest BCUT2D eigenvalue weighted by Gasteiger charge is -1.98. The minimum absolute atomic E-state index is 0.164. The number of nitrogens with zero attached hydrogens (tertiary/aromatic N) is 3. The fraction of sp³-hybridized carbons (Fsp3) is 0.0769. The summed E-state index contributed by atoms with van der Waals surface area (Å²) >= 11 is 2.68. The molecular formula is C13H9FN4OS2. The summed E-state index contributed by atoms with van der Waals surface area (Å²) in [5.41, 5.74) is 3.05. The van der Waals surface area contributed by atoms with Gasteiger partial charge in [0, 0.05) is 10.9 Å². The average molecular weight is 320 g/mol. The van der Waals surface area contributed by atoms with E-state index in [9.17, 15) is 9.18 Å². The lowest BCUT2D eigenvalue weighted by Crippen LogP contribution is -2.14. The van der Waals surface area contributed by atoms with Crippen molar-refractivity contribution in [1.29, 1.82) is 0 Å². The van der Waals surface area contributed by atoms with Crippen LogP contribution in [0, 0.1) is 5.82 Å². The quantitative estimate of drug-likeness (QED) is 0.802. The number of amides is 1. The third-order valence-electron chi connectivity index (χ3n) is 2.59. The summed E-state index contributed by atoms with van der Waals surface area (Å²) in [6.45, 7) is 0. The van der Waals surface area contributed by atoms with E-state index in [0.29, 0.717) is 10.8 Å². The Hall–Kier alpha value is -2.19. The topological polar surface area (TPSA) is 67.8 Å². The molecule has 5 nitrogen and oxygen atoms in total. The first-order valence-corrected chi connectivity index (χ1v) is 7.73. The number of rotatable bonds is 4. The third-order valence-corrected chi connectivity index (χ3v) is 4.14. The van der Waals surface area contributed by atoms with Crippen LogP contribution in [0.2, 0.25) is 0 Å². The van der Waals surface area contributed by atoms with Crippen molar-refractivity contribution in [1.82, 2.24) is 15.2 Å². The van der Waals surface area contributed by atoms with Crippen molar-refractivity contribution in [3.05, 3.63) is 46.7 Å². The number of carbonyl (C=O) groups is 1. The van der Waals surface area contributed by atoms with Gasteiger partial charge in [-0.2, -0.15) is 0 Å². The van der Waals surface area contributed by atoms with E-state index in [1.807, 2.05) is 5.38 Å². The fourth-order valence-electron chi connectivity index (χ4n) is 1.67. The molecule has 0 saturated carbocycles. The van der Waals surface area contributed by atoms with Gasteiger partial charge in [0.25, 0.3) is 0 Å². The Morgan fingerprint density at radius 1 is 1.24 bits per heavy atom. The highest BCUT2D eigenvalue weighted by Gasteiger charge is 2.10. The van der Waals surface area contributed by atoms with Gasteiger partial charge in [0.2, 0.25) is 11.0 Å². The molecule has 0 aliphatic heterocycles. The van der Waals surface area contributed by atoms with Crippen molar-refractivity contribution in [3.63, 3.8) is 0 Å². The molecule has 0 aliphatic rings. The molecule has 0 spiro atoms. The van der Waals surface area contributed by atoms with Crippen molar-refractivity contribution in [2.45, 2.75) is 6.42 Å². The van der Waals surface area contributed by atoms with Gasteiger partial charge in [-0.25, -0.2) is 9.37 Å². The highest BCUT2D eigenvalue weighted by atomic mass is 32.1. The van der Waals surface area contributed by atoms with Crippen molar-refractivity contribution >= 4 is 33.7 Å². The minimum Gasteiger partial charge on any atom is -0.300 e. The van der Waals surface area contributed by atoms with Crippen molar-refractivity contribution in [2.75, 3.05) is 5.32 Å². The molecule has 3 aromatic rings. The van der Waals surface area contributed by atoms with E-state index in [1.54, 1.807) is 17.6 Å². The Labute approximate surface area is 127 Å². The number of benzene rings is 1. The van der Waals surface area contributed by atoms with Crippen LogP contribution in [0.3, 0.4) is 0 Å². The number of aromatic nitrogens is 3. The monoisotopic (exact) mass is 320 g/mol. The van der Waals surface area contributed by atoms with E-state index in [0.717, 1.165) is 10.6 Å². The maximum absolute atomic E-state index is 12.9. The SMILES string of the molecule is O=C(Cc1csc(-c2ccc(F)cc2)n1)Nc1nncs1. The van der Waals surface area contributed by atoms with Crippen molar-refractivity contribution in [3.8, 4) is 10.6 Å². The molecule has 0 radical (unpaired) electrons. The summed E-state index contributed by atoms with van der Waals surface area (Å²) in [4.78, 5) is 16.2. The molecule has 1 aromatic carbocycles. The molecule has 0 saturated heterocycles. The molecule has 3 rings (SSSR count). The molecule has 1 amide bonds. The molecule has 0 aliphatic carbocycles. The van der Waals surface area contributed by atoms with Gasteiger partial charge in [0.1, 0.15) is 16.3 Å². The van der Waals surface area contributed by atoms with Gasteiger partial charge in [-0.1, -0.05) is 11.3 Å². The Bertz CT molecular complexity index is 740. The Balaban J connectivity index is 1.67. The molecule has 8 heteroatoms. The summed E-state index contributed by atoms with van der Waals surface area (Å²) in [7, 11) is 0. The van der Waals surface area contributed by atoms with E-state index in [-0.39, 0.29) is 18.1 Å². The van der Waals surface area contributed by atoms with Crippen LogP contribution in [0.4, 0.5) is 9.52 Å². The van der Waals surface area contributed by atoms with E-state index < -0.39 is 0 Å². The summed E-state index contributed by atoms with van der Waals surface area (Å²) in [5, 5.41) is 13.1. The number of hydrogen-bond donors (Lipinski definition) is 1. The first-order valence-electron chi connectivity index (χ1n) is 5.97. The molecule has 0 fully saturated rings. The molecular weight excluding hydrogens is 311 g/mol. The fourth-order valence-corrected chi connectivity index (χ4v) is 2.96. The number of carbonyl (C=O) groups excluding carboxylic acids is 1. The first-order chi connectivity index (χ1) is 10.2. The van der Waals surface area contributed by atoms with Gasteiger partial charge in [0.05, 0.1) is 12.1 Å². The van der Waals surface area contributed by atoms with Crippen LogP contribution in [-0.4, -0.2) is 21.1 Å². The van der Waals surface area contributed by atoms with Crippen LogP contribution in [0.1, 0.15) is 5.69 Å². The van der Waals surface area contributed by atoms with Gasteiger partial charge >= 0.3 is 0 Å². The van der Waals surface area contributed by atoms with Crippen LogP contribution in [0.5, 0.6) is 0 Å². The number of halogens is 1. The van der Waals surface area contributed by atoms with Gasteiger partial charge in [-0.05, 0) is 24.3 Å². The first kappa shape index (κ1) is 13.8. The zero-order chi connectivity index (χ0) is 14.7. The highest BCUT2D eigenvalue weighted by Crippen LogP contribution is 2.24. The molecule has 2 heterocycles. The van der Waals surface area contributed by atoms with Gasteiger partial charge < -0.3 is 5.32 Å². The average Bonchev–Trinajstić information content (AvgIpc) is 3.11. The summed E-state index contributed by atoms with van der Waals surface area (Å²) < 4.78 is 12.9. The van der Waals surface area contributed by atoms with E-state index >= 15 is 0 Å². The summed E-state index contributed by atoms with van der Waals surface area (Å²) in [6, 6.07) is 6.11. The van der Waals surface area contributed by atoms with E-state index in [1.165, 1.54) is 34.8 Å². The Morgan fingerprint density at radius 3 is 2.76 bits per heavy atom. The van der Waals surface area contributed by atoms with Gasteiger partial charge in [-0.15, -0.1) is 21.5 Å². The molecule has 2 aromatic heterocycles.